The first kappa shape index (κ1) is 22.7. The van der Waals surface area contributed by atoms with Gasteiger partial charge in [0.15, 0.2) is 0 Å². The first-order valence-electron chi connectivity index (χ1n) is 8.80. The molecule has 2 aromatic carbocycles. The van der Waals surface area contributed by atoms with Gasteiger partial charge in [-0.15, -0.1) is 12.4 Å². The maximum Gasteiger partial charge on any atom is 0.416 e. The van der Waals surface area contributed by atoms with E-state index in [1.54, 1.807) is 4.90 Å². The van der Waals surface area contributed by atoms with Crippen LogP contribution in [0.2, 0.25) is 0 Å². The van der Waals surface area contributed by atoms with Crippen LogP contribution in [0.5, 0.6) is 0 Å². The van der Waals surface area contributed by atoms with Crippen LogP contribution in [0.15, 0.2) is 48.5 Å². The number of alkyl halides is 3. The molecular formula is C20H21ClF3N3O2. The third kappa shape index (κ3) is 5.71. The summed E-state index contributed by atoms with van der Waals surface area (Å²) in [6.07, 6.45) is -4.51. The van der Waals surface area contributed by atoms with E-state index in [1.165, 1.54) is 6.07 Å². The van der Waals surface area contributed by atoms with Crippen LogP contribution >= 0.6 is 12.4 Å². The van der Waals surface area contributed by atoms with Crippen molar-refractivity contribution in [2.45, 2.75) is 25.7 Å². The first-order chi connectivity index (χ1) is 13.3. The Morgan fingerprint density at radius 3 is 2.45 bits per heavy atom. The molecule has 1 atom stereocenters. The molecule has 0 spiro atoms. The molecule has 1 aliphatic heterocycles. The molecular weight excluding hydrogens is 407 g/mol. The molecule has 0 aromatic heterocycles. The second-order valence-electron chi connectivity index (χ2n) is 6.77. The van der Waals surface area contributed by atoms with Gasteiger partial charge in [-0.1, -0.05) is 30.3 Å². The van der Waals surface area contributed by atoms with Gasteiger partial charge in [0.25, 0.3) is 0 Å². The van der Waals surface area contributed by atoms with Crippen LogP contribution in [-0.4, -0.2) is 23.3 Å². The minimum absolute atomic E-state index is 0. The normalized spacial score (nSPS) is 16.5. The number of nitrogens with zero attached hydrogens (tertiary/aromatic N) is 1. The number of benzene rings is 2. The molecule has 1 aliphatic rings. The standard InChI is InChI=1S/C20H20F3N3O2.ClH/c21-20(22,23)16-6-14(10-24)7-17(9-16)25-19(28)15-8-18(27)26(12-15)11-13-4-2-1-3-5-13;/h1-7,9,15H,8,10-12,24H2,(H,25,28);1H. The van der Waals surface area contributed by atoms with Crippen molar-refractivity contribution in [3.63, 3.8) is 0 Å². The second-order valence-corrected chi connectivity index (χ2v) is 6.77. The summed E-state index contributed by atoms with van der Waals surface area (Å²) in [6, 6.07) is 12.6. The molecule has 0 bridgehead atoms. The van der Waals surface area contributed by atoms with E-state index < -0.39 is 23.6 Å². The van der Waals surface area contributed by atoms with Crippen LogP contribution in [0.3, 0.4) is 0 Å². The van der Waals surface area contributed by atoms with Gasteiger partial charge in [0, 0.05) is 31.7 Å². The zero-order chi connectivity index (χ0) is 20.3. The summed E-state index contributed by atoms with van der Waals surface area (Å²) in [7, 11) is 0. The lowest BCUT2D eigenvalue weighted by molar-refractivity contribution is -0.137. The average Bonchev–Trinajstić information content (AvgIpc) is 3.02. The molecule has 1 unspecified atom stereocenters. The van der Waals surface area contributed by atoms with E-state index in [2.05, 4.69) is 5.32 Å². The molecule has 1 fully saturated rings. The lowest BCUT2D eigenvalue weighted by Crippen LogP contribution is -2.28. The molecule has 1 saturated heterocycles. The highest BCUT2D eigenvalue weighted by molar-refractivity contribution is 5.97. The Balaban J connectivity index is 0.00000300. The van der Waals surface area contributed by atoms with Crippen molar-refractivity contribution in [1.29, 1.82) is 0 Å². The van der Waals surface area contributed by atoms with Crippen LogP contribution in [0.25, 0.3) is 0 Å². The van der Waals surface area contributed by atoms with E-state index in [9.17, 15) is 22.8 Å². The quantitative estimate of drug-likeness (QED) is 0.766. The number of hydrogen-bond donors (Lipinski definition) is 2. The third-order valence-corrected chi connectivity index (χ3v) is 4.62. The van der Waals surface area contributed by atoms with Crippen molar-refractivity contribution in [2.24, 2.45) is 11.7 Å². The van der Waals surface area contributed by atoms with Crippen molar-refractivity contribution in [1.82, 2.24) is 4.90 Å². The Labute approximate surface area is 172 Å². The van der Waals surface area contributed by atoms with E-state index in [0.29, 0.717) is 6.54 Å². The molecule has 5 nitrogen and oxygen atoms in total. The van der Waals surface area contributed by atoms with E-state index in [0.717, 1.165) is 17.7 Å². The maximum atomic E-state index is 13.0. The largest absolute Gasteiger partial charge is 0.416 e. The lowest BCUT2D eigenvalue weighted by Gasteiger charge is -2.17. The molecule has 2 amide bonds. The van der Waals surface area contributed by atoms with Crippen molar-refractivity contribution in [3.05, 3.63) is 65.2 Å². The number of hydrogen-bond acceptors (Lipinski definition) is 3. The number of nitrogens with one attached hydrogen (secondary N) is 1. The van der Waals surface area contributed by atoms with Crippen LogP contribution < -0.4 is 11.1 Å². The van der Waals surface area contributed by atoms with Crippen molar-refractivity contribution in [3.8, 4) is 0 Å². The van der Waals surface area contributed by atoms with Gasteiger partial charge in [0.05, 0.1) is 11.5 Å². The molecule has 9 heteroatoms. The number of carbonyl (C=O) groups is 2. The van der Waals surface area contributed by atoms with Gasteiger partial charge >= 0.3 is 6.18 Å². The van der Waals surface area contributed by atoms with Crippen LogP contribution in [0, 0.1) is 5.92 Å². The Hall–Kier alpha value is -2.58. The molecule has 156 valence electrons. The number of carbonyl (C=O) groups excluding carboxylic acids is 2. The topological polar surface area (TPSA) is 75.4 Å². The molecule has 0 radical (unpaired) electrons. The zero-order valence-electron chi connectivity index (χ0n) is 15.4. The summed E-state index contributed by atoms with van der Waals surface area (Å²) in [4.78, 5) is 26.3. The van der Waals surface area contributed by atoms with Gasteiger partial charge in [-0.05, 0) is 29.3 Å². The van der Waals surface area contributed by atoms with E-state index in [4.69, 9.17) is 5.73 Å². The van der Waals surface area contributed by atoms with Crippen LogP contribution in [0.1, 0.15) is 23.1 Å². The van der Waals surface area contributed by atoms with E-state index >= 15 is 0 Å². The van der Waals surface area contributed by atoms with Gasteiger partial charge < -0.3 is 16.0 Å². The predicted molar refractivity (Wildman–Crippen MR) is 105 cm³/mol. The third-order valence-electron chi connectivity index (χ3n) is 4.62. The molecule has 0 saturated carbocycles. The highest BCUT2D eigenvalue weighted by atomic mass is 35.5. The molecule has 2 aromatic rings. The number of nitrogens with two attached hydrogens (primary N) is 1. The minimum atomic E-state index is -4.54. The van der Waals surface area contributed by atoms with Gasteiger partial charge in [-0.25, -0.2) is 0 Å². The summed E-state index contributed by atoms with van der Waals surface area (Å²) in [5, 5.41) is 2.50. The summed E-state index contributed by atoms with van der Waals surface area (Å²) in [5.41, 5.74) is 5.82. The molecule has 29 heavy (non-hydrogen) atoms. The number of rotatable bonds is 5. The number of likely N-dealkylation sites (tertiary alicyclic amines) is 1. The highest BCUT2D eigenvalue weighted by Gasteiger charge is 2.35. The fraction of sp³-hybridized carbons (Fsp3) is 0.300. The summed E-state index contributed by atoms with van der Waals surface area (Å²) in [5.74, 6) is -1.26. The van der Waals surface area contributed by atoms with Gasteiger partial charge in [-0.2, -0.15) is 13.2 Å². The number of halogens is 4. The van der Waals surface area contributed by atoms with E-state index in [-0.39, 0.29) is 49.1 Å². The van der Waals surface area contributed by atoms with Crippen molar-refractivity contribution < 1.29 is 22.8 Å². The van der Waals surface area contributed by atoms with Crippen molar-refractivity contribution >= 4 is 29.9 Å². The van der Waals surface area contributed by atoms with Gasteiger partial charge in [-0.3, -0.25) is 9.59 Å². The second kappa shape index (κ2) is 9.28. The molecule has 3 rings (SSSR count). The highest BCUT2D eigenvalue weighted by Crippen LogP contribution is 2.32. The zero-order valence-corrected chi connectivity index (χ0v) is 16.2. The van der Waals surface area contributed by atoms with Gasteiger partial charge in [0.2, 0.25) is 11.8 Å². The number of amides is 2. The monoisotopic (exact) mass is 427 g/mol. The Morgan fingerprint density at radius 1 is 1.14 bits per heavy atom. The van der Waals surface area contributed by atoms with Crippen LogP contribution in [0.4, 0.5) is 18.9 Å². The molecule has 0 aliphatic carbocycles. The Morgan fingerprint density at radius 2 is 1.83 bits per heavy atom. The number of anilines is 1. The first-order valence-corrected chi connectivity index (χ1v) is 8.80. The Kier molecular flexibility index (Phi) is 7.26. The smallest absolute Gasteiger partial charge is 0.338 e. The SMILES string of the molecule is Cl.NCc1cc(NC(=O)C2CC(=O)N(Cc3ccccc3)C2)cc(C(F)(F)F)c1. The maximum absolute atomic E-state index is 13.0. The van der Waals surface area contributed by atoms with E-state index in [1.807, 2.05) is 30.3 Å². The predicted octanol–water partition coefficient (Wildman–Crippen LogP) is 3.57. The minimum Gasteiger partial charge on any atom is -0.338 e. The summed E-state index contributed by atoms with van der Waals surface area (Å²) < 4.78 is 39.1. The average molecular weight is 428 g/mol. The fourth-order valence-corrected chi connectivity index (χ4v) is 3.19. The molecule has 1 heterocycles. The summed E-state index contributed by atoms with van der Waals surface area (Å²) >= 11 is 0. The van der Waals surface area contributed by atoms with Crippen molar-refractivity contribution in [2.75, 3.05) is 11.9 Å². The Bertz CT molecular complexity index is 875. The summed E-state index contributed by atoms with van der Waals surface area (Å²) in [6.45, 7) is 0.534. The molecule has 3 N–H and O–H groups in total. The van der Waals surface area contributed by atoms with Crippen LogP contribution in [-0.2, 0) is 28.9 Å². The lowest BCUT2D eigenvalue weighted by atomic mass is 10.1. The fourth-order valence-electron chi connectivity index (χ4n) is 3.19. The van der Waals surface area contributed by atoms with Gasteiger partial charge in [0.1, 0.15) is 0 Å².